The van der Waals surface area contributed by atoms with Crippen molar-refractivity contribution in [3.8, 4) is 11.6 Å². The average Bonchev–Trinajstić information content (AvgIpc) is 2.65. The first kappa shape index (κ1) is 20.2. The third kappa shape index (κ3) is 4.85. The predicted octanol–water partition coefficient (Wildman–Crippen LogP) is 4.31. The fourth-order valence-electron chi connectivity index (χ4n) is 2.63. The zero-order valence-electron chi connectivity index (χ0n) is 15.5. The molecule has 0 atom stereocenters. The maximum atomic E-state index is 12.3. The summed E-state index contributed by atoms with van der Waals surface area (Å²) in [5, 5.41) is 11.6. The summed E-state index contributed by atoms with van der Waals surface area (Å²) in [6.45, 7) is 3.77. The molecule has 0 bridgehead atoms. The van der Waals surface area contributed by atoms with Crippen molar-refractivity contribution in [3.63, 3.8) is 0 Å². The van der Waals surface area contributed by atoms with E-state index in [1.165, 1.54) is 0 Å². The van der Waals surface area contributed by atoms with Gasteiger partial charge in [0.1, 0.15) is 12.1 Å². The number of aryl methyl sites for hydroxylation is 2. The van der Waals surface area contributed by atoms with Gasteiger partial charge in [0.2, 0.25) is 5.82 Å². The van der Waals surface area contributed by atoms with Gasteiger partial charge in [-0.05, 0) is 65.2 Å². The maximum Gasteiger partial charge on any atom is 0.374 e. The molecule has 148 valence electrons. The van der Waals surface area contributed by atoms with E-state index in [0.717, 1.165) is 17.5 Å². The number of nitrogens with zero attached hydrogens (tertiary/aromatic N) is 3. The molecule has 0 aliphatic rings. The Morgan fingerprint density at radius 1 is 1.14 bits per heavy atom. The quantitative estimate of drug-likeness (QED) is 0.417. The Bertz CT molecular complexity index is 1070. The molecule has 0 radical (unpaired) electrons. The second-order valence-electron chi connectivity index (χ2n) is 6.12. The minimum absolute atomic E-state index is 0.204. The summed E-state index contributed by atoms with van der Waals surface area (Å²) in [4.78, 5) is 31.0. The van der Waals surface area contributed by atoms with E-state index in [9.17, 15) is 14.9 Å². The van der Waals surface area contributed by atoms with Crippen molar-refractivity contribution < 1.29 is 14.5 Å². The number of benzene rings is 2. The Hall–Kier alpha value is -3.53. The molecule has 1 amide bonds. The van der Waals surface area contributed by atoms with E-state index < -0.39 is 16.5 Å². The molecule has 0 spiro atoms. The van der Waals surface area contributed by atoms with Gasteiger partial charge in [0, 0.05) is 4.47 Å². The van der Waals surface area contributed by atoms with Crippen LogP contribution in [0.25, 0.3) is 0 Å². The first-order valence-corrected chi connectivity index (χ1v) is 9.21. The molecular formula is C19H16BrN5O4. The first-order chi connectivity index (χ1) is 13.8. The molecule has 0 unspecified atom stereocenters. The molecule has 0 saturated heterocycles. The Morgan fingerprint density at radius 3 is 2.48 bits per heavy atom. The van der Waals surface area contributed by atoms with Gasteiger partial charge < -0.3 is 4.74 Å². The number of halogens is 1. The van der Waals surface area contributed by atoms with Crippen LogP contribution in [0.3, 0.4) is 0 Å². The third-order valence-corrected chi connectivity index (χ3v) is 4.49. The van der Waals surface area contributed by atoms with E-state index in [0.29, 0.717) is 15.8 Å². The second-order valence-corrected chi connectivity index (χ2v) is 6.97. The smallest absolute Gasteiger partial charge is 0.374 e. The highest BCUT2D eigenvalue weighted by atomic mass is 79.9. The van der Waals surface area contributed by atoms with Crippen LogP contribution in [0, 0.1) is 24.0 Å². The number of nitro groups is 1. The summed E-state index contributed by atoms with van der Waals surface area (Å²) < 4.78 is 6.21. The summed E-state index contributed by atoms with van der Waals surface area (Å²) in [5.74, 6) is -0.535. The maximum absolute atomic E-state index is 12.3. The van der Waals surface area contributed by atoms with Crippen LogP contribution in [0.4, 0.5) is 11.5 Å². The summed E-state index contributed by atoms with van der Waals surface area (Å²) in [6.07, 6.45) is 1.11. The van der Waals surface area contributed by atoms with Gasteiger partial charge in [-0.2, -0.15) is 4.98 Å². The number of carbonyl (C=O) groups excluding carboxylic acids is 1. The fraction of sp³-hybridized carbons (Fsp3) is 0.105. The first-order valence-electron chi connectivity index (χ1n) is 8.41. The molecule has 3 rings (SSSR count). The van der Waals surface area contributed by atoms with E-state index in [-0.39, 0.29) is 11.7 Å². The van der Waals surface area contributed by atoms with Gasteiger partial charge in [-0.3, -0.25) is 25.8 Å². The topological polar surface area (TPSA) is 119 Å². The summed E-state index contributed by atoms with van der Waals surface area (Å²) >= 11 is 3.28. The molecule has 9 nitrogen and oxygen atoms in total. The molecule has 0 saturated carbocycles. The van der Waals surface area contributed by atoms with Crippen LogP contribution >= 0.6 is 15.9 Å². The number of anilines is 1. The zero-order chi connectivity index (χ0) is 21.0. The molecule has 1 aromatic heterocycles. The van der Waals surface area contributed by atoms with Gasteiger partial charge in [0.05, 0.1) is 10.5 Å². The zero-order valence-corrected chi connectivity index (χ0v) is 17.1. The Balaban J connectivity index is 1.86. The lowest BCUT2D eigenvalue weighted by molar-refractivity contribution is -0.385. The van der Waals surface area contributed by atoms with E-state index in [4.69, 9.17) is 4.74 Å². The number of nitrogens with one attached hydrogen (secondary N) is 2. The van der Waals surface area contributed by atoms with Crippen LogP contribution in [-0.4, -0.2) is 20.8 Å². The number of carbonyl (C=O) groups is 1. The van der Waals surface area contributed by atoms with Gasteiger partial charge in [-0.15, -0.1) is 0 Å². The predicted molar refractivity (Wildman–Crippen MR) is 110 cm³/mol. The Morgan fingerprint density at radius 2 is 1.83 bits per heavy atom. The number of hydrogen-bond acceptors (Lipinski definition) is 7. The van der Waals surface area contributed by atoms with Crippen molar-refractivity contribution in [3.05, 3.63) is 80.1 Å². The average molecular weight is 458 g/mol. The molecule has 3 aromatic rings. The third-order valence-electron chi connectivity index (χ3n) is 3.79. The number of ether oxygens (including phenoxy) is 1. The molecule has 2 N–H and O–H groups in total. The Kier molecular flexibility index (Phi) is 6.03. The summed E-state index contributed by atoms with van der Waals surface area (Å²) in [5.41, 5.74) is 6.60. The number of aromatic nitrogens is 2. The van der Waals surface area contributed by atoms with E-state index >= 15 is 0 Å². The van der Waals surface area contributed by atoms with Crippen molar-refractivity contribution in [2.45, 2.75) is 13.8 Å². The van der Waals surface area contributed by atoms with Gasteiger partial charge in [0.15, 0.2) is 0 Å². The van der Waals surface area contributed by atoms with Gasteiger partial charge in [-0.25, -0.2) is 4.98 Å². The van der Waals surface area contributed by atoms with Gasteiger partial charge in [-0.1, -0.05) is 18.2 Å². The highest BCUT2D eigenvalue weighted by molar-refractivity contribution is 9.10. The lowest BCUT2D eigenvalue weighted by Gasteiger charge is -2.11. The SMILES string of the molecule is Cc1cc(C)cc(Oc2ncnc(NNC(=O)c3ccccc3Br)c2[N+](=O)[O-])c1. The van der Waals surface area contributed by atoms with Crippen molar-refractivity contribution in [2.24, 2.45) is 0 Å². The molecule has 0 fully saturated rings. The van der Waals surface area contributed by atoms with Gasteiger partial charge in [0.25, 0.3) is 5.91 Å². The van der Waals surface area contributed by atoms with Crippen LogP contribution in [0.5, 0.6) is 11.6 Å². The van der Waals surface area contributed by atoms with Crippen LogP contribution < -0.4 is 15.6 Å². The van der Waals surface area contributed by atoms with Crippen LogP contribution in [-0.2, 0) is 0 Å². The van der Waals surface area contributed by atoms with E-state index in [1.54, 1.807) is 36.4 Å². The molecule has 0 aliphatic carbocycles. The molecule has 1 heterocycles. The van der Waals surface area contributed by atoms with Crippen LogP contribution in [0.1, 0.15) is 21.5 Å². The minimum Gasteiger partial charge on any atom is -0.434 e. The highest BCUT2D eigenvalue weighted by Gasteiger charge is 2.26. The fourth-order valence-corrected chi connectivity index (χ4v) is 3.09. The molecule has 2 aromatic carbocycles. The van der Waals surface area contributed by atoms with Crippen molar-refractivity contribution in [2.75, 3.05) is 5.43 Å². The monoisotopic (exact) mass is 457 g/mol. The van der Waals surface area contributed by atoms with Gasteiger partial charge >= 0.3 is 11.6 Å². The van der Waals surface area contributed by atoms with Crippen LogP contribution in [0.2, 0.25) is 0 Å². The number of amides is 1. The lowest BCUT2D eigenvalue weighted by Crippen LogP contribution is -2.30. The van der Waals surface area contributed by atoms with Crippen molar-refractivity contribution in [1.29, 1.82) is 0 Å². The van der Waals surface area contributed by atoms with E-state index in [2.05, 4.69) is 36.7 Å². The van der Waals surface area contributed by atoms with Crippen molar-refractivity contribution in [1.82, 2.24) is 15.4 Å². The normalized spacial score (nSPS) is 10.3. The molecule has 29 heavy (non-hydrogen) atoms. The summed E-state index contributed by atoms with van der Waals surface area (Å²) in [6, 6.07) is 12.2. The van der Waals surface area contributed by atoms with E-state index in [1.807, 2.05) is 19.9 Å². The Labute approximate surface area is 174 Å². The number of rotatable bonds is 6. The minimum atomic E-state index is -0.676. The lowest BCUT2D eigenvalue weighted by atomic mass is 10.1. The van der Waals surface area contributed by atoms with Crippen LogP contribution in [0.15, 0.2) is 53.3 Å². The largest absolute Gasteiger partial charge is 0.434 e. The highest BCUT2D eigenvalue weighted by Crippen LogP contribution is 2.34. The second kappa shape index (κ2) is 8.65. The van der Waals surface area contributed by atoms with Crippen molar-refractivity contribution >= 4 is 33.3 Å². The summed E-state index contributed by atoms with van der Waals surface area (Å²) in [7, 11) is 0. The standard InChI is InChI=1S/C19H16BrN5O4/c1-11-7-12(2)9-13(8-11)29-19-16(25(27)28)17(21-10-22-19)23-24-18(26)14-5-3-4-6-15(14)20/h3-10H,1-2H3,(H,24,26)(H,21,22,23). The number of hydrogen-bond donors (Lipinski definition) is 2. The molecular weight excluding hydrogens is 442 g/mol. The molecule has 0 aliphatic heterocycles. The number of hydrazine groups is 1. The molecule has 10 heteroatoms.